The second kappa shape index (κ2) is 9.31. The van der Waals surface area contributed by atoms with Crippen molar-refractivity contribution in [3.8, 4) is 17.0 Å². The van der Waals surface area contributed by atoms with E-state index in [2.05, 4.69) is 15.1 Å². The molecule has 0 aliphatic carbocycles. The van der Waals surface area contributed by atoms with Gasteiger partial charge in [-0.25, -0.2) is 4.39 Å². The summed E-state index contributed by atoms with van der Waals surface area (Å²) in [5, 5.41) is 9.06. The number of rotatable bonds is 5. The predicted molar refractivity (Wildman–Crippen MR) is 118 cm³/mol. The highest BCUT2D eigenvalue weighted by atomic mass is 35.5. The van der Waals surface area contributed by atoms with Crippen LogP contribution in [0.4, 0.5) is 10.2 Å². The molecule has 160 valence electrons. The van der Waals surface area contributed by atoms with E-state index in [1.807, 2.05) is 31.2 Å². The number of hydrogen-bond donors (Lipinski definition) is 0. The third-order valence-corrected chi connectivity index (χ3v) is 5.50. The van der Waals surface area contributed by atoms with Gasteiger partial charge in [-0.15, -0.1) is 10.2 Å². The van der Waals surface area contributed by atoms with Crippen LogP contribution in [-0.4, -0.2) is 53.8 Å². The van der Waals surface area contributed by atoms with Crippen LogP contribution in [0.5, 0.6) is 5.75 Å². The highest BCUT2D eigenvalue weighted by molar-refractivity contribution is 6.32. The number of carbonyl (C=O) groups is 1. The van der Waals surface area contributed by atoms with Crippen LogP contribution in [0.2, 0.25) is 5.02 Å². The highest BCUT2D eigenvalue weighted by Gasteiger charge is 2.22. The maximum absolute atomic E-state index is 13.1. The molecule has 0 atom stereocenters. The van der Waals surface area contributed by atoms with E-state index in [-0.39, 0.29) is 18.3 Å². The number of piperazine rings is 1. The van der Waals surface area contributed by atoms with Crippen LogP contribution in [0.3, 0.4) is 0 Å². The van der Waals surface area contributed by atoms with E-state index in [0.717, 1.165) is 16.9 Å². The van der Waals surface area contributed by atoms with Crippen LogP contribution in [0, 0.1) is 12.7 Å². The van der Waals surface area contributed by atoms with Gasteiger partial charge < -0.3 is 14.5 Å². The second-order valence-corrected chi connectivity index (χ2v) is 7.78. The topological polar surface area (TPSA) is 58.6 Å². The van der Waals surface area contributed by atoms with Gasteiger partial charge in [0.15, 0.2) is 12.4 Å². The summed E-state index contributed by atoms with van der Waals surface area (Å²) in [4.78, 5) is 16.4. The molecule has 0 N–H and O–H groups in total. The maximum atomic E-state index is 13.1. The quantitative estimate of drug-likeness (QED) is 0.600. The largest absolute Gasteiger partial charge is 0.482 e. The number of nitrogens with zero attached hydrogens (tertiary/aromatic N) is 4. The van der Waals surface area contributed by atoms with Crippen molar-refractivity contribution in [1.29, 1.82) is 0 Å². The normalized spacial score (nSPS) is 13.9. The molecule has 1 aliphatic heterocycles. The first kappa shape index (κ1) is 21.1. The van der Waals surface area contributed by atoms with Gasteiger partial charge >= 0.3 is 0 Å². The van der Waals surface area contributed by atoms with Gasteiger partial charge in [0, 0.05) is 31.7 Å². The van der Waals surface area contributed by atoms with Crippen LogP contribution < -0.4 is 9.64 Å². The molecule has 1 fully saturated rings. The minimum Gasteiger partial charge on any atom is -0.482 e. The Morgan fingerprint density at radius 1 is 1.03 bits per heavy atom. The molecule has 0 unspecified atom stereocenters. The number of amides is 1. The number of halogens is 2. The molecule has 1 aromatic heterocycles. The summed E-state index contributed by atoms with van der Waals surface area (Å²) < 4.78 is 18.7. The number of benzene rings is 2. The van der Waals surface area contributed by atoms with Crippen molar-refractivity contribution in [2.24, 2.45) is 0 Å². The molecule has 0 saturated carbocycles. The van der Waals surface area contributed by atoms with Crippen molar-refractivity contribution in [3.63, 3.8) is 0 Å². The van der Waals surface area contributed by atoms with E-state index in [1.165, 1.54) is 12.1 Å². The Bertz CT molecular complexity index is 1050. The van der Waals surface area contributed by atoms with Crippen molar-refractivity contribution in [1.82, 2.24) is 15.1 Å². The van der Waals surface area contributed by atoms with Crippen molar-refractivity contribution < 1.29 is 13.9 Å². The standard InChI is InChI=1S/C23H22ClFN4O2/c1-16-2-7-19(24)21(14-16)31-15-23(30)29-12-10-28(11-13-29)22-9-8-20(26-27-22)17-3-5-18(25)6-4-17/h2-9,14H,10-13,15H2,1H3. The monoisotopic (exact) mass is 440 g/mol. The molecule has 6 nitrogen and oxygen atoms in total. The average molecular weight is 441 g/mol. The van der Waals surface area contributed by atoms with E-state index < -0.39 is 0 Å². The van der Waals surface area contributed by atoms with E-state index in [0.29, 0.717) is 42.6 Å². The van der Waals surface area contributed by atoms with Gasteiger partial charge in [0.1, 0.15) is 11.6 Å². The van der Waals surface area contributed by atoms with Gasteiger partial charge in [0.05, 0.1) is 10.7 Å². The van der Waals surface area contributed by atoms with Crippen LogP contribution in [0.15, 0.2) is 54.6 Å². The summed E-state index contributed by atoms with van der Waals surface area (Å²) in [5.41, 5.74) is 2.51. The van der Waals surface area contributed by atoms with Gasteiger partial charge in [-0.2, -0.15) is 0 Å². The molecule has 1 amide bonds. The van der Waals surface area contributed by atoms with Crippen molar-refractivity contribution >= 4 is 23.3 Å². The fourth-order valence-corrected chi connectivity index (χ4v) is 3.58. The summed E-state index contributed by atoms with van der Waals surface area (Å²) in [6.45, 7) is 4.36. The lowest BCUT2D eigenvalue weighted by molar-refractivity contribution is -0.133. The fraction of sp³-hybridized carbons (Fsp3) is 0.261. The molecule has 3 aromatic rings. The summed E-state index contributed by atoms with van der Waals surface area (Å²) in [6, 6.07) is 15.4. The first-order valence-electron chi connectivity index (χ1n) is 10.0. The lowest BCUT2D eigenvalue weighted by Gasteiger charge is -2.35. The van der Waals surface area contributed by atoms with Gasteiger partial charge in [-0.3, -0.25) is 4.79 Å². The zero-order chi connectivity index (χ0) is 21.8. The Kier molecular flexibility index (Phi) is 6.32. The molecule has 4 rings (SSSR count). The lowest BCUT2D eigenvalue weighted by atomic mass is 10.1. The van der Waals surface area contributed by atoms with Crippen LogP contribution in [-0.2, 0) is 4.79 Å². The lowest BCUT2D eigenvalue weighted by Crippen LogP contribution is -2.50. The molecule has 0 spiro atoms. The van der Waals surface area contributed by atoms with Crippen molar-refractivity contribution in [2.45, 2.75) is 6.92 Å². The molecule has 31 heavy (non-hydrogen) atoms. The Morgan fingerprint density at radius 3 is 2.45 bits per heavy atom. The molecular formula is C23H22ClFN4O2. The molecule has 0 bridgehead atoms. The Labute approximate surface area is 185 Å². The number of aromatic nitrogens is 2. The van der Waals surface area contributed by atoms with Gasteiger partial charge in [0.25, 0.3) is 5.91 Å². The van der Waals surface area contributed by atoms with E-state index >= 15 is 0 Å². The smallest absolute Gasteiger partial charge is 0.260 e. The van der Waals surface area contributed by atoms with Crippen molar-refractivity contribution in [2.75, 3.05) is 37.7 Å². The SMILES string of the molecule is Cc1ccc(Cl)c(OCC(=O)N2CCN(c3ccc(-c4ccc(F)cc4)nn3)CC2)c1. The average Bonchev–Trinajstić information content (AvgIpc) is 2.80. The maximum Gasteiger partial charge on any atom is 0.260 e. The van der Waals surface area contributed by atoms with E-state index in [9.17, 15) is 9.18 Å². The first-order valence-corrected chi connectivity index (χ1v) is 10.4. The fourth-order valence-electron chi connectivity index (χ4n) is 3.41. The van der Waals surface area contributed by atoms with Gasteiger partial charge in [-0.05, 0) is 61.0 Å². The number of hydrogen-bond acceptors (Lipinski definition) is 5. The van der Waals surface area contributed by atoms with E-state index in [1.54, 1.807) is 23.1 Å². The number of aryl methyl sites for hydroxylation is 1. The Hall–Kier alpha value is -3.19. The van der Waals surface area contributed by atoms with Crippen LogP contribution >= 0.6 is 11.6 Å². The number of anilines is 1. The first-order chi connectivity index (χ1) is 15.0. The Balaban J connectivity index is 1.30. The minimum absolute atomic E-state index is 0.0463. The molecule has 1 saturated heterocycles. The molecular weight excluding hydrogens is 419 g/mol. The van der Waals surface area contributed by atoms with Gasteiger partial charge in [0.2, 0.25) is 0 Å². The van der Waals surface area contributed by atoms with Crippen LogP contribution in [0.25, 0.3) is 11.3 Å². The predicted octanol–water partition coefficient (Wildman–Crippen LogP) is 3.97. The molecule has 2 aromatic carbocycles. The van der Waals surface area contributed by atoms with Crippen molar-refractivity contribution in [3.05, 3.63) is 71.0 Å². The third-order valence-electron chi connectivity index (χ3n) is 5.18. The molecule has 2 heterocycles. The Morgan fingerprint density at radius 2 is 1.77 bits per heavy atom. The summed E-state index contributed by atoms with van der Waals surface area (Å²) in [5.74, 6) is 0.911. The zero-order valence-electron chi connectivity index (χ0n) is 17.1. The summed E-state index contributed by atoms with van der Waals surface area (Å²) in [6.07, 6.45) is 0. The molecule has 1 aliphatic rings. The number of carbonyl (C=O) groups excluding carboxylic acids is 1. The second-order valence-electron chi connectivity index (χ2n) is 7.37. The highest BCUT2D eigenvalue weighted by Crippen LogP contribution is 2.25. The van der Waals surface area contributed by atoms with Crippen LogP contribution in [0.1, 0.15) is 5.56 Å². The summed E-state index contributed by atoms with van der Waals surface area (Å²) in [7, 11) is 0. The zero-order valence-corrected chi connectivity index (χ0v) is 17.8. The van der Waals surface area contributed by atoms with Gasteiger partial charge in [-0.1, -0.05) is 17.7 Å². The number of ether oxygens (including phenoxy) is 1. The molecule has 8 heteroatoms. The summed E-state index contributed by atoms with van der Waals surface area (Å²) >= 11 is 6.12. The third kappa shape index (κ3) is 5.11. The minimum atomic E-state index is -0.284. The van der Waals surface area contributed by atoms with E-state index in [4.69, 9.17) is 16.3 Å². The molecule has 0 radical (unpaired) electrons.